The Morgan fingerprint density at radius 1 is 1.23 bits per heavy atom. The average Bonchev–Trinajstić information content (AvgIpc) is 2.48. The van der Waals surface area contributed by atoms with E-state index in [1.165, 1.54) is 0 Å². The smallest absolute Gasteiger partial charge is 0.259 e. The van der Waals surface area contributed by atoms with E-state index < -0.39 is 0 Å². The van der Waals surface area contributed by atoms with E-state index in [1.807, 2.05) is 31.2 Å². The fourth-order valence-electron chi connectivity index (χ4n) is 2.05. The second-order valence-electron chi connectivity index (χ2n) is 5.73. The third-order valence-corrected chi connectivity index (χ3v) is 3.20. The van der Waals surface area contributed by atoms with Crippen molar-refractivity contribution in [2.24, 2.45) is 5.92 Å². The van der Waals surface area contributed by atoms with Gasteiger partial charge < -0.3 is 15.8 Å². The number of hydrogen-bond acceptors (Lipinski definition) is 3. The number of hydrogen-bond donors (Lipinski definition) is 2. The molecule has 0 saturated carbocycles. The van der Waals surface area contributed by atoms with Gasteiger partial charge in [0.15, 0.2) is 0 Å². The van der Waals surface area contributed by atoms with Gasteiger partial charge in [0, 0.05) is 11.4 Å². The number of carbonyl (C=O) groups excluding carboxylic acids is 1. The number of para-hydroxylation sites is 1. The molecule has 0 atom stereocenters. The molecule has 0 spiro atoms. The first-order valence-electron chi connectivity index (χ1n) is 7.36. The Labute approximate surface area is 131 Å². The van der Waals surface area contributed by atoms with E-state index >= 15 is 0 Å². The number of anilines is 2. The summed E-state index contributed by atoms with van der Waals surface area (Å²) < 4.78 is 5.73. The van der Waals surface area contributed by atoms with Crippen LogP contribution in [-0.4, -0.2) is 12.5 Å². The first-order chi connectivity index (χ1) is 10.5. The van der Waals surface area contributed by atoms with Gasteiger partial charge in [-0.15, -0.1) is 0 Å². The summed E-state index contributed by atoms with van der Waals surface area (Å²) in [5, 5.41) is 2.91. The highest BCUT2D eigenvalue weighted by molar-refractivity contribution is 6.06. The second kappa shape index (κ2) is 6.98. The van der Waals surface area contributed by atoms with Gasteiger partial charge in [0.05, 0.1) is 12.2 Å². The highest BCUT2D eigenvalue weighted by Crippen LogP contribution is 2.22. The van der Waals surface area contributed by atoms with Crippen LogP contribution in [0.2, 0.25) is 0 Å². The molecule has 1 amide bonds. The molecular weight excluding hydrogens is 276 g/mol. The molecule has 0 aliphatic heterocycles. The standard InChI is InChI=1S/C18H22N2O2/c1-12(2)11-22-17-7-5-4-6-15(17)18(21)20-16-9-8-14(19)10-13(16)3/h4-10,12H,11,19H2,1-3H3,(H,20,21). The van der Waals surface area contributed by atoms with Crippen LogP contribution in [0.1, 0.15) is 29.8 Å². The molecule has 2 aromatic rings. The van der Waals surface area contributed by atoms with Crippen LogP contribution in [0.3, 0.4) is 0 Å². The number of nitrogens with one attached hydrogen (secondary N) is 1. The minimum absolute atomic E-state index is 0.188. The van der Waals surface area contributed by atoms with Crippen LogP contribution < -0.4 is 15.8 Å². The number of nitrogens with two attached hydrogens (primary N) is 1. The van der Waals surface area contributed by atoms with Crippen molar-refractivity contribution in [3.05, 3.63) is 53.6 Å². The van der Waals surface area contributed by atoms with Crippen molar-refractivity contribution in [2.45, 2.75) is 20.8 Å². The quantitative estimate of drug-likeness (QED) is 0.824. The normalized spacial score (nSPS) is 10.5. The summed E-state index contributed by atoms with van der Waals surface area (Å²) in [6.07, 6.45) is 0. The van der Waals surface area contributed by atoms with Gasteiger partial charge in [0.2, 0.25) is 0 Å². The number of benzene rings is 2. The summed E-state index contributed by atoms with van der Waals surface area (Å²) in [6.45, 7) is 6.62. The van der Waals surface area contributed by atoms with Crippen LogP contribution in [0.25, 0.3) is 0 Å². The predicted molar refractivity (Wildman–Crippen MR) is 90.3 cm³/mol. The molecule has 4 heteroatoms. The largest absolute Gasteiger partial charge is 0.492 e. The van der Waals surface area contributed by atoms with E-state index in [0.717, 1.165) is 11.3 Å². The number of amides is 1. The SMILES string of the molecule is Cc1cc(N)ccc1NC(=O)c1ccccc1OCC(C)C. The van der Waals surface area contributed by atoms with Crippen LogP contribution in [0, 0.1) is 12.8 Å². The zero-order chi connectivity index (χ0) is 16.1. The van der Waals surface area contributed by atoms with E-state index in [4.69, 9.17) is 10.5 Å². The molecule has 2 aromatic carbocycles. The fourth-order valence-corrected chi connectivity index (χ4v) is 2.05. The van der Waals surface area contributed by atoms with Crippen LogP contribution in [0.4, 0.5) is 11.4 Å². The number of ether oxygens (including phenoxy) is 1. The van der Waals surface area contributed by atoms with Gasteiger partial charge in [-0.1, -0.05) is 26.0 Å². The minimum atomic E-state index is -0.188. The van der Waals surface area contributed by atoms with Crippen molar-refractivity contribution in [2.75, 3.05) is 17.7 Å². The maximum atomic E-state index is 12.5. The highest BCUT2D eigenvalue weighted by atomic mass is 16.5. The van der Waals surface area contributed by atoms with Crippen molar-refractivity contribution in [1.82, 2.24) is 0 Å². The molecule has 4 nitrogen and oxygen atoms in total. The Kier molecular flexibility index (Phi) is 5.04. The maximum Gasteiger partial charge on any atom is 0.259 e. The van der Waals surface area contributed by atoms with E-state index in [-0.39, 0.29) is 5.91 Å². The van der Waals surface area contributed by atoms with Gasteiger partial charge in [0.25, 0.3) is 5.91 Å². The topological polar surface area (TPSA) is 64.3 Å². The molecule has 22 heavy (non-hydrogen) atoms. The Hall–Kier alpha value is -2.49. The molecule has 0 bridgehead atoms. The number of aryl methyl sites for hydroxylation is 1. The van der Waals surface area contributed by atoms with Crippen LogP contribution in [0.15, 0.2) is 42.5 Å². The lowest BCUT2D eigenvalue weighted by molar-refractivity contribution is 0.102. The van der Waals surface area contributed by atoms with Gasteiger partial charge in [0.1, 0.15) is 5.75 Å². The molecular formula is C18H22N2O2. The van der Waals surface area contributed by atoms with E-state index in [2.05, 4.69) is 19.2 Å². The molecule has 0 aliphatic carbocycles. The van der Waals surface area contributed by atoms with Crippen molar-refractivity contribution in [3.63, 3.8) is 0 Å². The minimum Gasteiger partial charge on any atom is -0.492 e. The van der Waals surface area contributed by atoms with Gasteiger partial charge in [-0.25, -0.2) is 0 Å². The van der Waals surface area contributed by atoms with Crippen LogP contribution >= 0.6 is 0 Å². The van der Waals surface area contributed by atoms with Gasteiger partial charge in [-0.05, 0) is 48.7 Å². The second-order valence-corrected chi connectivity index (χ2v) is 5.73. The molecule has 0 unspecified atom stereocenters. The third-order valence-electron chi connectivity index (χ3n) is 3.20. The lowest BCUT2D eigenvalue weighted by Crippen LogP contribution is -2.15. The molecule has 0 fully saturated rings. The van der Waals surface area contributed by atoms with E-state index in [9.17, 15) is 4.79 Å². The summed E-state index contributed by atoms with van der Waals surface area (Å²) in [5.74, 6) is 0.810. The summed E-state index contributed by atoms with van der Waals surface area (Å²) in [4.78, 5) is 12.5. The average molecular weight is 298 g/mol. The van der Waals surface area contributed by atoms with Crippen molar-refractivity contribution < 1.29 is 9.53 Å². The van der Waals surface area contributed by atoms with Gasteiger partial charge in [-0.2, -0.15) is 0 Å². The predicted octanol–water partition coefficient (Wildman–Crippen LogP) is 3.86. The molecule has 3 N–H and O–H groups in total. The molecule has 0 saturated heterocycles. The van der Waals surface area contributed by atoms with Crippen LogP contribution in [-0.2, 0) is 0 Å². The molecule has 0 heterocycles. The highest BCUT2D eigenvalue weighted by Gasteiger charge is 2.13. The van der Waals surface area contributed by atoms with Gasteiger partial charge in [-0.3, -0.25) is 4.79 Å². The summed E-state index contributed by atoms with van der Waals surface area (Å²) >= 11 is 0. The Morgan fingerprint density at radius 2 is 1.95 bits per heavy atom. The Bertz CT molecular complexity index is 666. The van der Waals surface area contributed by atoms with Crippen molar-refractivity contribution in [1.29, 1.82) is 0 Å². The monoisotopic (exact) mass is 298 g/mol. The maximum absolute atomic E-state index is 12.5. The Balaban J connectivity index is 2.18. The lowest BCUT2D eigenvalue weighted by Gasteiger charge is -2.14. The van der Waals surface area contributed by atoms with Crippen molar-refractivity contribution >= 4 is 17.3 Å². The zero-order valence-electron chi connectivity index (χ0n) is 13.2. The zero-order valence-corrected chi connectivity index (χ0v) is 13.2. The fraction of sp³-hybridized carbons (Fsp3) is 0.278. The molecule has 0 aromatic heterocycles. The third kappa shape index (κ3) is 4.01. The molecule has 0 aliphatic rings. The van der Waals surface area contributed by atoms with Crippen molar-refractivity contribution in [3.8, 4) is 5.75 Å². The number of nitrogen functional groups attached to an aromatic ring is 1. The summed E-state index contributed by atoms with van der Waals surface area (Å²) in [7, 11) is 0. The molecule has 2 rings (SSSR count). The number of rotatable bonds is 5. The summed E-state index contributed by atoms with van der Waals surface area (Å²) in [6, 6.07) is 12.7. The molecule has 116 valence electrons. The number of carbonyl (C=O) groups is 1. The van der Waals surface area contributed by atoms with Crippen LogP contribution in [0.5, 0.6) is 5.75 Å². The molecule has 0 radical (unpaired) electrons. The first-order valence-corrected chi connectivity index (χ1v) is 7.36. The first kappa shape index (κ1) is 15.9. The summed E-state index contributed by atoms with van der Waals surface area (Å²) in [5.41, 5.74) is 8.61. The van der Waals surface area contributed by atoms with Gasteiger partial charge >= 0.3 is 0 Å². The van der Waals surface area contributed by atoms with E-state index in [0.29, 0.717) is 29.5 Å². The van der Waals surface area contributed by atoms with E-state index in [1.54, 1.807) is 18.2 Å². The lowest BCUT2D eigenvalue weighted by atomic mass is 10.1. The Morgan fingerprint density at radius 3 is 2.64 bits per heavy atom.